The zero-order valence-corrected chi connectivity index (χ0v) is 44.4. The SMILES string of the molecule is Cc1ccc2nc(-c3cccnc3N)n(-c3ccc(C4(N)CCC4)cc3)c2n1.Cc1ccc2nc(-c3cccnc3N)n(-c3ccc(C4(NC(=O)OC(C)(C)C)CCC4)cc3)c2n1.Cc1cccc(C(C)C)c1.Cl. The number of alkyl carbamates (subject to hydrolysis) is 1. The summed E-state index contributed by atoms with van der Waals surface area (Å²) in [5, 5.41) is 3.12. The van der Waals surface area contributed by atoms with Crippen LogP contribution < -0.4 is 22.5 Å². The molecule has 2 saturated carbocycles. The Hall–Kier alpha value is -7.68. The van der Waals surface area contributed by atoms with Gasteiger partial charge in [0.2, 0.25) is 0 Å². The minimum Gasteiger partial charge on any atom is -0.444 e. The third-order valence-electron chi connectivity index (χ3n) is 13.7. The minimum absolute atomic E-state index is 0. The number of aryl methyl sites for hydroxylation is 3. The number of benzene rings is 3. The van der Waals surface area contributed by atoms with Crippen molar-refractivity contribution in [2.75, 3.05) is 11.5 Å². The number of rotatable bonds is 8. The molecule has 6 heterocycles. The topological polar surface area (TPSA) is 204 Å². The van der Waals surface area contributed by atoms with Crippen LogP contribution in [0.4, 0.5) is 16.4 Å². The van der Waals surface area contributed by atoms with Crippen molar-refractivity contribution in [3.8, 4) is 34.2 Å². The lowest BCUT2D eigenvalue weighted by atomic mass is 9.72. The molecule has 0 spiro atoms. The summed E-state index contributed by atoms with van der Waals surface area (Å²) in [6.07, 6.45) is 9.03. The number of hydrogen-bond donors (Lipinski definition) is 4. The molecule has 0 bridgehead atoms. The molecule has 0 aliphatic heterocycles. The van der Waals surface area contributed by atoms with Crippen LogP contribution in [0.2, 0.25) is 0 Å². The Morgan fingerprint density at radius 1 is 0.635 bits per heavy atom. The van der Waals surface area contributed by atoms with Gasteiger partial charge in [0, 0.05) is 40.7 Å². The van der Waals surface area contributed by atoms with Crippen LogP contribution in [0.25, 0.3) is 56.5 Å². The van der Waals surface area contributed by atoms with E-state index in [1.54, 1.807) is 12.4 Å². The second-order valence-electron chi connectivity index (χ2n) is 20.7. The highest BCUT2D eigenvalue weighted by Crippen LogP contribution is 2.43. The molecule has 15 heteroatoms. The van der Waals surface area contributed by atoms with E-state index in [4.69, 9.17) is 41.9 Å². The number of halogens is 1. The average Bonchev–Trinajstić information content (AvgIpc) is 3.90. The number of ether oxygens (including phenoxy) is 1. The Bertz CT molecular complexity index is 3420. The predicted octanol–water partition coefficient (Wildman–Crippen LogP) is 12.5. The van der Waals surface area contributed by atoms with E-state index in [1.165, 1.54) is 23.1 Å². The van der Waals surface area contributed by atoms with E-state index in [0.717, 1.165) is 99.7 Å². The van der Waals surface area contributed by atoms with E-state index < -0.39 is 17.2 Å². The molecule has 7 N–H and O–H groups in total. The van der Waals surface area contributed by atoms with Gasteiger partial charge in [0.1, 0.15) is 28.3 Å². The number of nitrogens with two attached hydrogens (primary N) is 3. The van der Waals surface area contributed by atoms with Gasteiger partial charge in [-0.1, -0.05) is 67.9 Å². The first-order chi connectivity index (χ1) is 34.9. The lowest BCUT2D eigenvalue weighted by molar-refractivity contribution is 0.0377. The number of fused-ring (bicyclic) bond motifs is 2. The number of nitrogens with one attached hydrogen (secondary N) is 1. The monoisotopic (exact) mass is 1010 g/mol. The van der Waals surface area contributed by atoms with Crippen LogP contribution in [-0.4, -0.2) is 50.7 Å². The van der Waals surface area contributed by atoms with E-state index in [2.05, 4.69) is 96.7 Å². The summed E-state index contributed by atoms with van der Waals surface area (Å²) >= 11 is 0. The van der Waals surface area contributed by atoms with Gasteiger partial charge in [0.15, 0.2) is 22.9 Å². The highest BCUT2D eigenvalue weighted by Gasteiger charge is 2.41. The van der Waals surface area contributed by atoms with E-state index >= 15 is 0 Å². The van der Waals surface area contributed by atoms with Gasteiger partial charge in [-0.2, -0.15) is 0 Å². The summed E-state index contributed by atoms with van der Waals surface area (Å²) in [5.41, 5.74) is 31.1. The van der Waals surface area contributed by atoms with Crippen molar-refractivity contribution in [3.63, 3.8) is 0 Å². The fraction of sp³-hybridized carbons (Fsp3) is 0.305. The molecule has 2 fully saturated rings. The lowest BCUT2D eigenvalue weighted by Crippen LogP contribution is -2.52. The van der Waals surface area contributed by atoms with Crippen LogP contribution in [0, 0.1) is 20.8 Å². The lowest BCUT2D eigenvalue weighted by Gasteiger charge is -2.43. The number of pyridine rings is 4. The van der Waals surface area contributed by atoms with Crippen molar-refractivity contribution < 1.29 is 9.53 Å². The van der Waals surface area contributed by atoms with Crippen molar-refractivity contribution in [1.82, 2.24) is 44.4 Å². The van der Waals surface area contributed by atoms with Crippen LogP contribution in [-0.2, 0) is 15.8 Å². The number of anilines is 2. The van der Waals surface area contributed by atoms with Crippen LogP contribution in [0.1, 0.15) is 113 Å². The van der Waals surface area contributed by atoms with Gasteiger partial charge in [0.05, 0.1) is 16.7 Å². The quantitative estimate of drug-likeness (QED) is 0.113. The molecule has 382 valence electrons. The van der Waals surface area contributed by atoms with E-state index in [9.17, 15) is 4.79 Å². The molecule has 0 unspecified atom stereocenters. The summed E-state index contributed by atoms with van der Waals surface area (Å²) in [5.74, 6) is 2.93. The normalized spacial score (nSPS) is 14.4. The van der Waals surface area contributed by atoms with Crippen LogP contribution >= 0.6 is 12.4 Å². The maximum atomic E-state index is 12.5. The van der Waals surface area contributed by atoms with Gasteiger partial charge in [-0.15, -0.1) is 12.4 Å². The third kappa shape index (κ3) is 11.1. The molecule has 74 heavy (non-hydrogen) atoms. The first-order valence-corrected chi connectivity index (χ1v) is 25.1. The van der Waals surface area contributed by atoms with Crippen molar-refractivity contribution in [3.05, 3.63) is 167 Å². The summed E-state index contributed by atoms with van der Waals surface area (Å²) < 4.78 is 9.57. The van der Waals surface area contributed by atoms with E-state index in [0.29, 0.717) is 23.4 Å². The van der Waals surface area contributed by atoms with Crippen molar-refractivity contribution in [2.45, 2.75) is 117 Å². The second kappa shape index (κ2) is 21.4. The molecule has 2 aliphatic carbocycles. The second-order valence-corrected chi connectivity index (χ2v) is 20.7. The smallest absolute Gasteiger partial charge is 0.408 e. The Kier molecular flexibility index (Phi) is 15.2. The maximum Gasteiger partial charge on any atom is 0.408 e. The number of aromatic nitrogens is 8. The van der Waals surface area contributed by atoms with Crippen LogP contribution in [0.5, 0.6) is 0 Å². The third-order valence-corrected chi connectivity index (χ3v) is 13.7. The summed E-state index contributed by atoms with van der Waals surface area (Å²) in [4.78, 5) is 40.2. The molecule has 0 radical (unpaired) electrons. The van der Waals surface area contributed by atoms with Gasteiger partial charge in [-0.25, -0.2) is 34.7 Å². The van der Waals surface area contributed by atoms with Crippen molar-refractivity contribution >= 4 is 52.5 Å². The fourth-order valence-electron chi connectivity index (χ4n) is 9.43. The largest absolute Gasteiger partial charge is 0.444 e. The average molecular weight is 1010 g/mol. The first-order valence-electron chi connectivity index (χ1n) is 25.1. The molecular formula is C59H67ClN12O2. The number of imidazole rings is 2. The van der Waals surface area contributed by atoms with E-state index in [1.807, 2.05) is 104 Å². The number of amides is 1. The highest BCUT2D eigenvalue weighted by molar-refractivity contribution is 5.86. The summed E-state index contributed by atoms with van der Waals surface area (Å²) in [6, 6.07) is 40.7. The summed E-state index contributed by atoms with van der Waals surface area (Å²) in [7, 11) is 0. The Balaban J connectivity index is 0.000000167. The molecule has 0 saturated heterocycles. The maximum absolute atomic E-state index is 12.5. The fourth-order valence-corrected chi connectivity index (χ4v) is 9.43. The zero-order chi connectivity index (χ0) is 51.7. The zero-order valence-electron chi connectivity index (χ0n) is 43.6. The molecule has 14 nitrogen and oxygen atoms in total. The Morgan fingerprint density at radius 2 is 1.12 bits per heavy atom. The minimum atomic E-state index is -0.545. The molecule has 0 atom stereocenters. The number of carbonyl (C=O) groups is 1. The standard InChI is InChI=1S/C27H30N6O2.C22H22N6.C10H14.ClH/c1-17-8-13-21-24(30-17)33(23(31-21)20-7-5-16-29-22(20)28)19-11-9-18(10-12-19)27(14-6-15-27)32-25(34)35-26(2,3)4;1-14-5-10-18-21(26-14)28(20(27-18)17-4-2-13-25-19(17)23)16-8-6-15(7-9-16)22(24)11-3-12-22;1-8(2)10-6-4-5-9(3)7-10;/h5,7-13,16H,6,14-15H2,1-4H3,(H2,28,29)(H,32,34);2,4-10,13H,3,11-12,24H2,1H3,(H2,23,25);4-8H,1-3H3;1H. The van der Waals surface area contributed by atoms with Gasteiger partial charge in [0.25, 0.3) is 0 Å². The summed E-state index contributed by atoms with van der Waals surface area (Å²) in [6.45, 7) is 16.1. The van der Waals surface area contributed by atoms with Crippen molar-refractivity contribution in [1.29, 1.82) is 0 Å². The molecular weight excluding hydrogens is 944 g/mol. The molecule has 6 aromatic heterocycles. The van der Waals surface area contributed by atoms with Crippen LogP contribution in [0.3, 0.4) is 0 Å². The number of nitrogen functional groups attached to an aromatic ring is 2. The number of carbonyl (C=O) groups excluding carboxylic acids is 1. The molecule has 9 aromatic rings. The molecule has 3 aromatic carbocycles. The van der Waals surface area contributed by atoms with Gasteiger partial charge >= 0.3 is 6.09 Å². The molecule has 2 aliphatic rings. The van der Waals surface area contributed by atoms with Gasteiger partial charge in [-0.3, -0.25) is 9.13 Å². The Labute approximate surface area is 439 Å². The van der Waals surface area contributed by atoms with Gasteiger partial charge < -0.3 is 27.3 Å². The first kappa shape index (κ1) is 52.6. The van der Waals surface area contributed by atoms with Crippen LogP contribution in [0.15, 0.2) is 134 Å². The van der Waals surface area contributed by atoms with Crippen molar-refractivity contribution in [2.24, 2.45) is 5.73 Å². The van der Waals surface area contributed by atoms with Gasteiger partial charge in [-0.05, 0) is 175 Å². The number of nitrogens with zero attached hydrogens (tertiary/aromatic N) is 8. The van der Waals surface area contributed by atoms with E-state index in [-0.39, 0.29) is 17.9 Å². The molecule has 11 rings (SSSR count). The highest BCUT2D eigenvalue weighted by atomic mass is 35.5. The number of hydrogen-bond acceptors (Lipinski definition) is 11. The predicted molar refractivity (Wildman–Crippen MR) is 300 cm³/mol. The Morgan fingerprint density at radius 3 is 1.51 bits per heavy atom. The molecule has 1 amide bonds.